The van der Waals surface area contributed by atoms with Gasteiger partial charge in [0.2, 0.25) is 5.95 Å². The van der Waals surface area contributed by atoms with E-state index in [1.165, 1.54) is 11.6 Å². The Kier molecular flexibility index (Phi) is 4.51. The number of hydrogen-bond donors (Lipinski definition) is 0. The molecule has 0 amide bonds. The van der Waals surface area contributed by atoms with E-state index in [1.807, 2.05) is 59.2 Å². The first-order chi connectivity index (χ1) is 15.0. The van der Waals surface area contributed by atoms with Crippen molar-refractivity contribution >= 4 is 34.4 Å². The lowest BCUT2D eigenvalue weighted by molar-refractivity contribution is 0.699. The fraction of sp³-hybridized carbons (Fsp3) is 0.182. The number of hydrazone groups is 1. The van der Waals surface area contributed by atoms with E-state index in [0.29, 0.717) is 35.2 Å². The maximum atomic E-state index is 13.0. The molecule has 5 rings (SSSR count). The van der Waals surface area contributed by atoms with E-state index in [4.69, 9.17) is 16.7 Å². The molecule has 31 heavy (non-hydrogen) atoms. The minimum atomic E-state index is -0.421. The predicted molar refractivity (Wildman–Crippen MR) is 121 cm³/mol. The van der Waals surface area contributed by atoms with Crippen molar-refractivity contribution in [1.82, 2.24) is 18.7 Å². The summed E-state index contributed by atoms with van der Waals surface area (Å²) in [7, 11) is 3.08. The molecule has 156 valence electrons. The number of anilines is 1. The van der Waals surface area contributed by atoms with Crippen LogP contribution in [-0.4, -0.2) is 24.4 Å². The van der Waals surface area contributed by atoms with Crippen LogP contribution in [0.15, 0.2) is 69.3 Å². The maximum absolute atomic E-state index is 13.0. The first-order valence-corrected chi connectivity index (χ1v) is 10.1. The van der Waals surface area contributed by atoms with Gasteiger partial charge in [-0.2, -0.15) is 10.1 Å². The Morgan fingerprint density at radius 2 is 1.68 bits per heavy atom. The molecule has 1 aliphatic rings. The van der Waals surface area contributed by atoms with Crippen LogP contribution in [0.4, 0.5) is 5.95 Å². The summed E-state index contributed by atoms with van der Waals surface area (Å²) in [5.74, 6) is 0.493. The summed E-state index contributed by atoms with van der Waals surface area (Å²) in [6.45, 7) is 0.732. The summed E-state index contributed by atoms with van der Waals surface area (Å²) in [4.78, 5) is 30.1. The van der Waals surface area contributed by atoms with Crippen LogP contribution in [0.5, 0.6) is 0 Å². The normalized spacial score (nSPS) is 13.4. The Bertz CT molecular complexity index is 1470. The Labute approximate surface area is 182 Å². The lowest BCUT2D eigenvalue weighted by Crippen LogP contribution is -2.38. The molecule has 0 bridgehead atoms. The SMILES string of the molecule is Cn1c(=O)c2c(nc3n2CC(c2ccccc2)=NN3Cc2ccccc2Cl)n(C)c1=O. The first kappa shape index (κ1) is 19.3. The zero-order valence-corrected chi connectivity index (χ0v) is 17.7. The highest BCUT2D eigenvalue weighted by Gasteiger charge is 2.28. The Hall–Kier alpha value is -3.65. The lowest BCUT2D eigenvalue weighted by atomic mass is 10.1. The summed E-state index contributed by atoms with van der Waals surface area (Å²) in [6, 6.07) is 17.3. The predicted octanol–water partition coefficient (Wildman–Crippen LogP) is 2.51. The monoisotopic (exact) mass is 434 g/mol. The molecule has 0 atom stereocenters. The molecule has 0 saturated carbocycles. The van der Waals surface area contributed by atoms with Crippen molar-refractivity contribution in [3.05, 3.63) is 91.6 Å². The first-order valence-electron chi connectivity index (χ1n) is 9.76. The Balaban J connectivity index is 1.75. The molecule has 8 nitrogen and oxygen atoms in total. The topological polar surface area (TPSA) is 77.4 Å². The largest absolute Gasteiger partial charge is 0.332 e. The lowest BCUT2D eigenvalue weighted by Gasteiger charge is -2.26. The molecule has 0 fully saturated rings. The van der Waals surface area contributed by atoms with Crippen molar-refractivity contribution in [2.75, 3.05) is 5.01 Å². The van der Waals surface area contributed by atoms with Crippen LogP contribution in [0, 0.1) is 0 Å². The third kappa shape index (κ3) is 3.07. The van der Waals surface area contributed by atoms with Gasteiger partial charge in [-0.15, -0.1) is 0 Å². The van der Waals surface area contributed by atoms with E-state index in [0.717, 1.165) is 21.4 Å². The summed E-state index contributed by atoms with van der Waals surface area (Å²) >= 11 is 6.39. The number of imidazole rings is 1. The molecule has 0 spiro atoms. The molecule has 0 aliphatic carbocycles. The second kappa shape index (κ2) is 7.24. The second-order valence-electron chi connectivity index (χ2n) is 7.44. The van der Waals surface area contributed by atoms with Gasteiger partial charge in [-0.25, -0.2) is 9.80 Å². The number of rotatable bonds is 3. The second-order valence-corrected chi connectivity index (χ2v) is 7.84. The summed E-state index contributed by atoms with van der Waals surface area (Å²) in [5.41, 5.74) is 2.50. The third-order valence-corrected chi connectivity index (χ3v) is 5.86. The van der Waals surface area contributed by atoms with E-state index >= 15 is 0 Å². The van der Waals surface area contributed by atoms with Crippen molar-refractivity contribution in [2.45, 2.75) is 13.1 Å². The highest BCUT2D eigenvalue weighted by Crippen LogP contribution is 2.28. The van der Waals surface area contributed by atoms with Gasteiger partial charge in [-0.1, -0.05) is 60.1 Å². The fourth-order valence-corrected chi connectivity index (χ4v) is 4.02. The Morgan fingerprint density at radius 3 is 2.42 bits per heavy atom. The molecule has 9 heteroatoms. The molecule has 0 N–H and O–H groups in total. The van der Waals surface area contributed by atoms with Gasteiger partial charge in [0.25, 0.3) is 5.56 Å². The van der Waals surface area contributed by atoms with Crippen LogP contribution in [0.1, 0.15) is 11.1 Å². The molecule has 0 saturated heterocycles. The fourth-order valence-electron chi connectivity index (χ4n) is 3.83. The number of nitrogens with zero attached hydrogens (tertiary/aromatic N) is 6. The van der Waals surface area contributed by atoms with E-state index < -0.39 is 5.69 Å². The smallest absolute Gasteiger partial charge is 0.297 e. The average molecular weight is 435 g/mol. The van der Waals surface area contributed by atoms with Gasteiger partial charge in [-0.05, 0) is 17.2 Å². The van der Waals surface area contributed by atoms with Crippen LogP contribution in [0.3, 0.4) is 0 Å². The maximum Gasteiger partial charge on any atom is 0.332 e. The molecule has 2 aromatic heterocycles. The van der Waals surface area contributed by atoms with Gasteiger partial charge in [0.15, 0.2) is 11.2 Å². The minimum absolute atomic E-state index is 0.330. The molecule has 0 radical (unpaired) electrons. The zero-order chi connectivity index (χ0) is 21.7. The molecule has 3 heterocycles. The third-order valence-electron chi connectivity index (χ3n) is 5.49. The number of halogens is 1. The number of aromatic nitrogens is 4. The van der Waals surface area contributed by atoms with E-state index in [-0.39, 0.29) is 5.56 Å². The van der Waals surface area contributed by atoms with Crippen LogP contribution < -0.4 is 16.3 Å². The molecular formula is C22H19ClN6O2. The van der Waals surface area contributed by atoms with E-state index in [2.05, 4.69) is 4.98 Å². The van der Waals surface area contributed by atoms with Gasteiger partial charge in [0.1, 0.15) is 0 Å². The van der Waals surface area contributed by atoms with Crippen molar-refractivity contribution in [3.63, 3.8) is 0 Å². The molecule has 4 aromatic rings. The quantitative estimate of drug-likeness (QED) is 0.496. The van der Waals surface area contributed by atoms with Crippen LogP contribution in [0.25, 0.3) is 11.2 Å². The molecule has 1 aliphatic heterocycles. The van der Waals surface area contributed by atoms with Gasteiger partial charge >= 0.3 is 5.69 Å². The van der Waals surface area contributed by atoms with E-state index in [9.17, 15) is 9.59 Å². The minimum Gasteiger partial charge on any atom is -0.297 e. The summed E-state index contributed by atoms with van der Waals surface area (Å²) in [5, 5.41) is 7.19. The van der Waals surface area contributed by atoms with Gasteiger partial charge < -0.3 is 0 Å². The molecular weight excluding hydrogens is 416 g/mol. The van der Waals surface area contributed by atoms with Crippen LogP contribution in [0.2, 0.25) is 5.02 Å². The van der Waals surface area contributed by atoms with Gasteiger partial charge in [0, 0.05) is 19.1 Å². The molecule has 2 aromatic carbocycles. The van der Waals surface area contributed by atoms with Crippen molar-refractivity contribution in [2.24, 2.45) is 19.2 Å². The number of fused-ring (bicyclic) bond motifs is 3. The summed E-state index contributed by atoms with van der Waals surface area (Å²) in [6.07, 6.45) is 0. The number of hydrogen-bond acceptors (Lipinski definition) is 5. The highest BCUT2D eigenvalue weighted by atomic mass is 35.5. The van der Waals surface area contributed by atoms with Crippen LogP contribution in [-0.2, 0) is 27.2 Å². The molecule has 0 unspecified atom stereocenters. The van der Waals surface area contributed by atoms with Crippen LogP contribution >= 0.6 is 11.6 Å². The average Bonchev–Trinajstić information content (AvgIpc) is 3.18. The number of aryl methyl sites for hydroxylation is 1. The zero-order valence-electron chi connectivity index (χ0n) is 17.0. The Morgan fingerprint density at radius 1 is 0.968 bits per heavy atom. The standard InChI is InChI=1S/C22H19ClN6O2/c1-26-19-18(20(30)27(2)22(26)31)28-13-17(14-8-4-3-5-9-14)25-29(21(28)24-19)12-15-10-6-7-11-16(15)23/h3-11H,12-13H2,1-2H3. The van der Waals surface area contributed by atoms with E-state index in [1.54, 1.807) is 12.1 Å². The summed E-state index contributed by atoms with van der Waals surface area (Å²) < 4.78 is 4.31. The van der Waals surface area contributed by atoms with Crippen molar-refractivity contribution in [1.29, 1.82) is 0 Å². The highest BCUT2D eigenvalue weighted by molar-refractivity contribution is 6.31. The van der Waals surface area contributed by atoms with Crippen molar-refractivity contribution in [3.8, 4) is 0 Å². The van der Waals surface area contributed by atoms with Gasteiger partial charge in [0.05, 0.1) is 18.8 Å². The van der Waals surface area contributed by atoms with Crippen molar-refractivity contribution < 1.29 is 0 Å². The van der Waals surface area contributed by atoms with Gasteiger partial charge in [-0.3, -0.25) is 18.5 Å². The number of benzene rings is 2.